The first-order valence-electron chi connectivity index (χ1n) is 6.14. The second-order valence-electron chi connectivity index (χ2n) is 5.85. The van der Waals surface area contributed by atoms with Crippen molar-refractivity contribution in [2.45, 2.75) is 39.0 Å². The Bertz CT molecular complexity index is 303. The van der Waals surface area contributed by atoms with Crippen LogP contribution in [0.25, 0.3) is 0 Å². The van der Waals surface area contributed by atoms with E-state index >= 15 is 0 Å². The number of nitrogens with zero attached hydrogens (tertiary/aromatic N) is 1. The van der Waals surface area contributed by atoms with Crippen molar-refractivity contribution in [1.29, 1.82) is 0 Å². The van der Waals surface area contributed by atoms with E-state index in [2.05, 4.69) is 64.0 Å². The number of aryl methyl sites for hydroxylation is 1. The summed E-state index contributed by atoms with van der Waals surface area (Å²) in [6.45, 7) is 7.94. The summed E-state index contributed by atoms with van der Waals surface area (Å²) >= 11 is 0. The molecule has 1 aromatic rings. The zero-order valence-electron chi connectivity index (χ0n) is 11.4. The molecule has 0 aromatic heterocycles. The van der Waals surface area contributed by atoms with Gasteiger partial charge in [0.05, 0.1) is 0 Å². The van der Waals surface area contributed by atoms with Gasteiger partial charge < -0.3 is 4.90 Å². The molecule has 1 nitrogen and oxygen atoms in total. The SMILES string of the molecule is CN(C)CCCc1ccc(C(C)(C)C)cc1. The maximum atomic E-state index is 2.27. The third-order valence-electron chi connectivity index (χ3n) is 2.89. The third kappa shape index (κ3) is 4.36. The summed E-state index contributed by atoms with van der Waals surface area (Å²) < 4.78 is 0. The van der Waals surface area contributed by atoms with Gasteiger partial charge in [-0.25, -0.2) is 0 Å². The number of benzene rings is 1. The van der Waals surface area contributed by atoms with Gasteiger partial charge in [0.1, 0.15) is 0 Å². The molecule has 0 saturated carbocycles. The molecule has 0 aliphatic heterocycles. The van der Waals surface area contributed by atoms with Gasteiger partial charge in [0.15, 0.2) is 0 Å². The molecule has 0 aliphatic carbocycles. The molecule has 0 unspecified atom stereocenters. The van der Waals surface area contributed by atoms with Gasteiger partial charge in [0, 0.05) is 0 Å². The number of hydrogen-bond donors (Lipinski definition) is 0. The Morgan fingerprint density at radius 2 is 1.56 bits per heavy atom. The van der Waals surface area contributed by atoms with Crippen molar-refractivity contribution in [1.82, 2.24) is 4.90 Å². The van der Waals surface area contributed by atoms with E-state index in [1.165, 1.54) is 30.5 Å². The fourth-order valence-electron chi connectivity index (χ4n) is 1.77. The summed E-state index contributed by atoms with van der Waals surface area (Å²) in [5.74, 6) is 0. The number of rotatable bonds is 4. The third-order valence-corrected chi connectivity index (χ3v) is 2.89. The van der Waals surface area contributed by atoms with Crippen LogP contribution in [0.3, 0.4) is 0 Å². The molecule has 90 valence electrons. The van der Waals surface area contributed by atoms with Crippen molar-refractivity contribution in [3.05, 3.63) is 35.4 Å². The van der Waals surface area contributed by atoms with Gasteiger partial charge in [-0.2, -0.15) is 0 Å². The minimum atomic E-state index is 0.266. The van der Waals surface area contributed by atoms with Crippen LogP contribution in [0, 0.1) is 0 Å². The molecule has 0 heterocycles. The Morgan fingerprint density at radius 1 is 1.00 bits per heavy atom. The van der Waals surface area contributed by atoms with Crippen molar-refractivity contribution < 1.29 is 0 Å². The molecule has 1 heteroatoms. The van der Waals surface area contributed by atoms with E-state index in [1.807, 2.05) is 0 Å². The molecule has 16 heavy (non-hydrogen) atoms. The summed E-state index contributed by atoms with van der Waals surface area (Å²) in [6.07, 6.45) is 2.42. The maximum absolute atomic E-state index is 2.27. The monoisotopic (exact) mass is 219 g/mol. The molecule has 0 amide bonds. The van der Waals surface area contributed by atoms with Gasteiger partial charge in [-0.3, -0.25) is 0 Å². The molecule has 0 fully saturated rings. The molecule has 0 saturated heterocycles. The zero-order valence-corrected chi connectivity index (χ0v) is 11.4. The highest BCUT2D eigenvalue weighted by Gasteiger charge is 2.12. The molecular formula is C15H25N. The molecule has 1 rings (SSSR count). The molecule has 0 radical (unpaired) electrons. The normalized spacial score (nSPS) is 12.1. The Morgan fingerprint density at radius 3 is 2.00 bits per heavy atom. The van der Waals surface area contributed by atoms with E-state index in [0.29, 0.717) is 0 Å². The molecule has 0 N–H and O–H groups in total. The Kier molecular flexibility index (Phi) is 4.55. The van der Waals surface area contributed by atoms with E-state index in [1.54, 1.807) is 0 Å². The Hall–Kier alpha value is -0.820. The van der Waals surface area contributed by atoms with Gasteiger partial charge in [-0.05, 0) is 50.0 Å². The molecule has 0 bridgehead atoms. The molecular weight excluding hydrogens is 194 g/mol. The van der Waals surface area contributed by atoms with E-state index in [4.69, 9.17) is 0 Å². The average molecular weight is 219 g/mol. The summed E-state index contributed by atoms with van der Waals surface area (Å²) in [5, 5.41) is 0. The highest BCUT2D eigenvalue weighted by molar-refractivity contribution is 5.27. The van der Waals surface area contributed by atoms with Crippen LogP contribution in [0.2, 0.25) is 0 Å². The minimum absolute atomic E-state index is 0.266. The first kappa shape index (κ1) is 13.2. The lowest BCUT2D eigenvalue weighted by Gasteiger charge is -2.19. The quantitative estimate of drug-likeness (QED) is 0.749. The van der Waals surface area contributed by atoms with Crippen LogP contribution < -0.4 is 0 Å². The van der Waals surface area contributed by atoms with Gasteiger partial charge in [-0.1, -0.05) is 45.0 Å². The van der Waals surface area contributed by atoms with Crippen LogP contribution in [-0.2, 0) is 11.8 Å². The van der Waals surface area contributed by atoms with E-state index in [0.717, 1.165) is 0 Å². The lowest BCUT2D eigenvalue weighted by atomic mass is 9.86. The van der Waals surface area contributed by atoms with Crippen molar-refractivity contribution in [2.75, 3.05) is 20.6 Å². The Balaban J connectivity index is 2.52. The van der Waals surface area contributed by atoms with Crippen molar-refractivity contribution in [2.24, 2.45) is 0 Å². The summed E-state index contributed by atoms with van der Waals surface area (Å²) in [4.78, 5) is 2.24. The van der Waals surface area contributed by atoms with Crippen molar-refractivity contribution in [3.63, 3.8) is 0 Å². The van der Waals surface area contributed by atoms with E-state index < -0.39 is 0 Å². The van der Waals surface area contributed by atoms with Crippen LogP contribution in [0.1, 0.15) is 38.3 Å². The standard InChI is InChI=1S/C15H25N/c1-15(2,3)14-10-8-13(9-11-14)7-6-12-16(4)5/h8-11H,6-7,12H2,1-5H3. The zero-order chi connectivity index (χ0) is 12.2. The molecule has 0 spiro atoms. The fourth-order valence-corrected chi connectivity index (χ4v) is 1.77. The van der Waals surface area contributed by atoms with Crippen LogP contribution in [0.5, 0.6) is 0 Å². The second-order valence-corrected chi connectivity index (χ2v) is 5.85. The summed E-state index contributed by atoms with van der Waals surface area (Å²) in [5.41, 5.74) is 3.14. The van der Waals surface area contributed by atoms with Gasteiger partial charge in [0.2, 0.25) is 0 Å². The molecule has 0 aliphatic rings. The van der Waals surface area contributed by atoms with Crippen LogP contribution in [0.15, 0.2) is 24.3 Å². The summed E-state index contributed by atoms with van der Waals surface area (Å²) in [6, 6.07) is 9.09. The van der Waals surface area contributed by atoms with E-state index in [-0.39, 0.29) is 5.41 Å². The van der Waals surface area contributed by atoms with Crippen LogP contribution in [-0.4, -0.2) is 25.5 Å². The first-order chi connectivity index (χ1) is 7.39. The van der Waals surface area contributed by atoms with Crippen molar-refractivity contribution >= 4 is 0 Å². The lowest BCUT2D eigenvalue weighted by Crippen LogP contribution is -2.13. The number of hydrogen-bond acceptors (Lipinski definition) is 1. The predicted octanol–water partition coefficient (Wildman–Crippen LogP) is 3.48. The Labute approximate surface area is 100 Å². The highest BCUT2D eigenvalue weighted by Crippen LogP contribution is 2.22. The fraction of sp³-hybridized carbons (Fsp3) is 0.600. The van der Waals surface area contributed by atoms with Gasteiger partial charge in [0.25, 0.3) is 0 Å². The van der Waals surface area contributed by atoms with E-state index in [9.17, 15) is 0 Å². The summed E-state index contributed by atoms with van der Waals surface area (Å²) in [7, 11) is 4.26. The first-order valence-corrected chi connectivity index (χ1v) is 6.14. The van der Waals surface area contributed by atoms with Crippen LogP contribution in [0.4, 0.5) is 0 Å². The van der Waals surface area contributed by atoms with Gasteiger partial charge in [-0.15, -0.1) is 0 Å². The van der Waals surface area contributed by atoms with Gasteiger partial charge >= 0.3 is 0 Å². The second kappa shape index (κ2) is 5.49. The van der Waals surface area contributed by atoms with Crippen LogP contribution >= 0.6 is 0 Å². The minimum Gasteiger partial charge on any atom is -0.309 e. The lowest BCUT2D eigenvalue weighted by molar-refractivity contribution is 0.400. The smallest absolute Gasteiger partial charge is 0.00217 e. The largest absolute Gasteiger partial charge is 0.309 e. The maximum Gasteiger partial charge on any atom is -0.00217 e. The topological polar surface area (TPSA) is 3.24 Å². The molecule has 0 atom stereocenters. The van der Waals surface area contributed by atoms with Crippen molar-refractivity contribution in [3.8, 4) is 0 Å². The highest BCUT2D eigenvalue weighted by atomic mass is 15.0. The predicted molar refractivity (Wildman–Crippen MR) is 72.0 cm³/mol. The average Bonchev–Trinajstić information content (AvgIpc) is 2.16. The molecule has 1 aromatic carbocycles.